The van der Waals surface area contributed by atoms with Crippen LogP contribution in [0, 0.1) is 4.51 Å². The molecule has 0 aliphatic carbocycles. The lowest BCUT2D eigenvalue weighted by molar-refractivity contribution is 0.0689. The predicted octanol–water partition coefficient (Wildman–Crippen LogP) is 1.99. The van der Waals surface area contributed by atoms with Gasteiger partial charge in [-0.25, -0.2) is 4.79 Å². The first kappa shape index (κ1) is 8.83. The molecule has 14 heavy (non-hydrogen) atoms. The summed E-state index contributed by atoms with van der Waals surface area (Å²) < 4.78 is 0.270. The van der Waals surface area contributed by atoms with Gasteiger partial charge in [-0.2, -0.15) is 5.10 Å². The minimum atomic E-state index is -1.11. The monoisotopic (exact) mass is 206 g/mol. The second-order valence-electron chi connectivity index (χ2n) is 2.75. The summed E-state index contributed by atoms with van der Waals surface area (Å²) in [5, 5.41) is 15.8. The van der Waals surface area contributed by atoms with Crippen LogP contribution in [0.15, 0.2) is 24.3 Å². The van der Waals surface area contributed by atoms with Crippen LogP contribution in [0.4, 0.5) is 0 Å². The third kappa shape index (κ3) is 1.27. The Labute approximate surface area is 84.2 Å². The summed E-state index contributed by atoms with van der Waals surface area (Å²) in [5.74, 6) is -1.11. The van der Waals surface area contributed by atoms with Crippen molar-refractivity contribution in [2.45, 2.75) is 0 Å². The number of aromatic carboxylic acids is 1. The fourth-order valence-corrected chi connectivity index (χ4v) is 1.53. The van der Waals surface area contributed by atoms with E-state index in [0.717, 1.165) is 5.52 Å². The highest BCUT2D eigenvalue weighted by atomic mass is 32.1. The molecule has 1 aromatic carbocycles. The Hall–Kier alpha value is -1.75. The summed E-state index contributed by atoms with van der Waals surface area (Å²) in [5.41, 5.74) is 0.626. The van der Waals surface area contributed by atoms with Crippen molar-refractivity contribution in [1.82, 2.24) is 10.2 Å². The van der Waals surface area contributed by atoms with Gasteiger partial charge in [-0.3, -0.25) is 5.10 Å². The summed E-state index contributed by atoms with van der Waals surface area (Å²) >= 11 is 5.01. The number of nitrogens with one attached hydrogen (secondary N) is 1. The standard InChI is InChI=1S/C9H6N2O2S/c12-9(13)7-8(14)5-3-1-2-4-6(5)10-11-7/h1-4H,(H,10,14)(H,12,13). The zero-order valence-electron chi connectivity index (χ0n) is 7.02. The smallest absolute Gasteiger partial charge is 0.357 e. The number of benzene rings is 1. The molecule has 1 heterocycles. The topological polar surface area (TPSA) is 66.0 Å². The number of rotatable bonds is 1. The molecule has 70 valence electrons. The average Bonchev–Trinajstić information content (AvgIpc) is 2.18. The van der Waals surface area contributed by atoms with E-state index in [4.69, 9.17) is 17.3 Å². The van der Waals surface area contributed by atoms with E-state index in [-0.39, 0.29) is 10.2 Å². The zero-order valence-corrected chi connectivity index (χ0v) is 7.84. The van der Waals surface area contributed by atoms with E-state index in [2.05, 4.69) is 10.2 Å². The van der Waals surface area contributed by atoms with Crippen molar-refractivity contribution in [3.05, 3.63) is 34.5 Å². The third-order valence-corrected chi connectivity index (χ3v) is 2.29. The lowest BCUT2D eigenvalue weighted by Crippen LogP contribution is -2.03. The van der Waals surface area contributed by atoms with Crippen LogP contribution in [-0.2, 0) is 0 Å². The van der Waals surface area contributed by atoms with Gasteiger partial charge in [0.1, 0.15) is 0 Å². The highest BCUT2D eigenvalue weighted by Gasteiger charge is 2.09. The van der Waals surface area contributed by atoms with Crippen molar-refractivity contribution in [2.75, 3.05) is 0 Å². The largest absolute Gasteiger partial charge is 0.476 e. The maximum Gasteiger partial charge on any atom is 0.357 e. The molecule has 2 aromatic rings. The first-order valence-corrected chi connectivity index (χ1v) is 4.31. The highest BCUT2D eigenvalue weighted by molar-refractivity contribution is 7.71. The molecule has 0 saturated heterocycles. The van der Waals surface area contributed by atoms with Gasteiger partial charge >= 0.3 is 5.97 Å². The van der Waals surface area contributed by atoms with E-state index in [0.29, 0.717) is 5.39 Å². The van der Waals surface area contributed by atoms with Crippen molar-refractivity contribution in [1.29, 1.82) is 0 Å². The van der Waals surface area contributed by atoms with Gasteiger partial charge in [0, 0.05) is 5.39 Å². The fourth-order valence-electron chi connectivity index (χ4n) is 1.22. The van der Waals surface area contributed by atoms with E-state index < -0.39 is 5.97 Å². The van der Waals surface area contributed by atoms with Gasteiger partial charge in [0.2, 0.25) is 0 Å². The lowest BCUT2D eigenvalue weighted by Gasteiger charge is -1.98. The molecule has 0 fully saturated rings. The zero-order chi connectivity index (χ0) is 10.1. The van der Waals surface area contributed by atoms with Gasteiger partial charge in [-0.15, -0.1) is 0 Å². The number of aromatic amines is 1. The molecule has 5 heteroatoms. The highest BCUT2D eigenvalue weighted by Crippen LogP contribution is 2.13. The second kappa shape index (κ2) is 3.19. The Bertz CT molecular complexity index is 562. The maximum absolute atomic E-state index is 10.7. The first-order valence-electron chi connectivity index (χ1n) is 3.91. The van der Waals surface area contributed by atoms with Crippen LogP contribution in [0.2, 0.25) is 0 Å². The van der Waals surface area contributed by atoms with Gasteiger partial charge < -0.3 is 5.11 Å². The maximum atomic E-state index is 10.7. The van der Waals surface area contributed by atoms with Gasteiger partial charge in [0.15, 0.2) is 5.69 Å². The molecular formula is C9H6N2O2S. The number of nitrogens with zero attached hydrogens (tertiary/aromatic N) is 1. The number of hydrogen-bond donors (Lipinski definition) is 2. The van der Waals surface area contributed by atoms with Crippen LogP contribution >= 0.6 is 12.2 Å². The molecule has 1 aromatic heterocycles. The van der Waals surface area contributed by atoms with Crippen LogP contribution in [0.3, 0.4) is 0 Å². The van der Waals surface area contributed by atoms with Crippen molar-refractivity contribution in [2.24, 2.45) is 0 Å². The van der Waals surface area contributed by atoms with Crippen molar-refractivity contribution in [3.8, 4) is 0 Å². The van der Waals surface area contributed by atoms with Gasteiger partial charge in [-0.1, -0.05) is 30.4 Å². The minimum absolute atomic E-state index is 0.112. The number of carboxylic acid groups (broad SMARTS) is 1. The summed E-state index contributed by atoms with van der Waals surface area (Å²) in [6.07, 6.45) is 0. The number of H-pyrrole nitrogens is 1. The summed E-state index contributed by atoms with van der Waals surface area (Å²) in [4.78, 5) is 10.7. The van der Waals surface area contributed by atoms with Crippen LogP contribution in [-0.4, -0.2) is 21.3 Å². The Morgan fingerprint density at radius 1 is 1.43 bits per heavy atom. The van der Waals surface area contributed by atoms with Crippen LogP contribution in [0.25, 0.3) is 10.9 Å². The molecule has 0 saturated carbocycles. The van der Waals surface area contributed by atoms with E-state index in [1.165, 1.54) is 0 Å². The Morgan fingerprint density at radius 2 is 2.14 bits per heavy atom. The minimum Gasteiger partial charge on any atom is -0.476 e. The molecule has 0 unspecified atom stereocenters. The molecule has 0 bridgehead atoms. The second-order valence-corrected chi connectivity index (χ2v) is 3.16. The number of aromatic nitrogens is 2. The van der Waals surface area contributed by atoms with Crippen LogP contribution in [0.1, 0.15) is 10.5 Å². The molecule has 0 atom stereocenters. The molecule has 0 aliphatic heterocycles. The molecule has 0 amide bonds. The Morgan fingerprint density at radius 3 is 2.86 bits per heavy atom. The summed E-state index contributed by atoms with van der Waals surface area (Å²) in [6, 6.07) is 7.19. The SMILES string of the molecule is O=C(O)c1n[nH]c2ccccc2c1=S. The van der Waals surface area contributed by atoms with Gasteiger partial charge in [-0.05, 0) is 6.07 Å². The van der Waals surface area contributed by atoms with Crippen molar-refractivity contribution >= 4 is 29.1 Å². The Balaban J connectivity index is 2.89. The van der Waals surface area contributed by atoms with E-state index in [1.807, 2.05) is 6.07 Å². The number of para-hydroxylation sites is 1. The number of hydrogen-bond acceptors (Lipinski definition) is 3. The van der Waals surface area contributed by atoms with Crippen molar-refractivity contribution in [3.63, 3.8) is 0 Å². The van der Waals surface area contributed by atoms with Gasteiger partial charge in [0.05, 0.1) is 10.0 Å². The van der Waals surface area contributed by atoms with Crippen LogP contribution in [0.5, 0.6) is 0 Å². The molecular weight excluding hydrogens is 200 g/mol. The van der Waals surface area contributed by atoms with Crippen LogP contribution < -0.4 is 0 Å². The number of carbonyl (C=O) groups is 1. The molecule has 2 rings (SSSR count). The normalized spacial score (nSPS) is 10.3. The van der Waals surface area contributed by atoms with Crippen molar-refractivity contribution < 1.29 is 9.90 Å². The van der Waals surface area contributed by atoms with E-state index >= 15 is 0 Å². The van der Waals surface area contributed by atoms with Gasteiger partial charge in [0.25, 0.3) is 0 Å². The fraction of sp³-hybridized carbons (Fsp3) is 0. The lowest BCUT2D eigenvalue weighted by atomic mass is 10.2. The Kier molecular flexibility index (Phi) is 2.01. The quantitative estimate of drug-likeness (QED) is 0.700. The predicted molar refractivity (Wildman–Crippen MR) is 53.9 cm³/mol. The first-order chi connectivity index (χ1) is 6.70. The number of fused-ring (bicyclic) bond motifs is 1. The third-order valence-electron chi connectivity index (χ3n) is 1.88. The molecule has 0 spiro atoms. The van der Waals surface area contributed by atoms with E-state index in [9.17, 15) is 4.79 Å². The number of carboxylic acids is 1. The average molecular weight is 206 g/mol. The molecule has 4 nitrogen and oxygen atoms in total. The summed E-state index contributed by atoms with van der Waals surface area (Å²) in [6.45, 7) is 0. The van der Waals surface area contributed by atoms with E-state index in [1.54, 1.807) is 18.2 Å². The molecule has 0 aliphatic rings. The summed E-state index contributed by atoms with van der Waals surface area (Å²) in [7, 11) is 0. The molecule has 2 N–H and O–H groups in total. The molecule has 0 radical (unpaired) electrons.